The molecule has 0 saturated heterocycles. The standard InChI is InChI=1S/C28H30N2O4/c1-3-4-6-12-20-15-23-27(24(16-20)34-18-25(31)33-2)26-21(28(29)32)13-9-14-22(26)30(23)17-19-10-7-5-8-11-19/h5,7-11,13-16H,3-4,6,12,17-18H2,1-2H3,(H2,29,32). The largest absolute Gasteiger partial charge is 0.481 e. The molecule has 6 heteroatoms. The summed E-state index contributed by atoms with van der Waals surface area (Å²) < 4.78 is 13.0. The molecule has 1 amide bonds. The van der Waals surface area contributed by atoms with Crippen molar-refractivity contribution in [3.8, 4) is 5.75 Å². The maximum atomic E-state index is 12.4. The molecule has 0 fully saturated rings. The number of aromatic nitrogens is 1. The van der Waals surface area contributed by atoms with Gasteiger partial charge in [0, 0.05) is 17.5 Å². The maximum Gasteiger partial charge on any atom is 0.343 e. The zero-order valence-corrected chi connectivity index (χ0v) is 19.7. The van der Waals surface area contributed by atoms with Gasteiger partial charge in [0.25, 0.3) is 0 Å². The molecule has 0 aliphatic carbocycles. The van der Waals surface area contributed by atoms with Crippen LogP contribution in [0.5, 0.6) is 5.75 Å². The SMILES string of the molecule is CCCCCc1cc(OCC(=O)OC)c2c3c(C(N)=O)cccc3n(Cc3ccccc3)c2c1. The van der Waals surface area contributed by atoms with Crippen molar-refractivity contribution in [3.63, 3.8) is 0 Å². The number of nitrogens with two attached hydrogens (primary N) is 1. The van der Waals surface area contributed by atoms with Crippen molar-refractivity contribution < 1.29 is 19.1 Å². The van der Waals surface area contributed by atoms with Gasteiger partial charge < -0.3 is 19.8 Å². The van der Waals surface area contributed by atoms with Gasteiger partial charge in [0.15, 0.2) is 6.61 Å². The highest BCUT2D eigenvalue weighted by atomic mass is 16.6. The summed E-state index contributed by atoms with van der Waals surface area (Å²) >= 11 is 0. The Hall–Kier alpha value is -3.80. The number of aryl methyl sites for hydroxylation is 1. The van der Waals surface area contributed by atoms with Crippen molar-refractivity contribution in [2.75, 3.05) is 13.7 Å². The predicted octanol–water partition coefficient (Wildman–Crippen LogP) is 5.23. The second-order valence-electron chi connectivity index (χ2n) is 8.45. The molecule has 0 spiro atoms. The van der Waals surface area contributed by atoms with Gasteiger partial charge in [0.05, 0.1) is 23.5 Å². The monoisotopic (exact) mass is 458 g/mol. The molecule has 6 nitrogen and oxygen atoms in total. The zero-order chi connectivity index (χ0) is 24.1. The van der Waals surface area contributed by atoms with Crippen LogP contribution in [0.15, 0.2) is 60.7 Å². The van der Waals surface area contributed by atoms with E-state index >= 15 is 0 Å². The van der Waals surface area contributed by atoms with Crippen LogP contribution < -0.4 is 10.5 Å². The van der Waals surface area contributed by atoms with Gasteiger partial charge in [0.1, 0.15) is 5.75 Å². The van der Waals surface area contributed by atoms with Crippen LogP contribution in [0, 0.1) is 0 Å². The molecule has 1 aromatic heterocycles. The third-order valence-corrected chi connectivity index (χ3v) is 6.11. The van der Waals surface area contributed by atoms with Crippen molar-refractivity contribution in [2.45, 2.75) is 39.2 Å². The van der Waals surface area contributed by atoms with E-state index < -0.39 is 11.9 Å². The average Bonchev–Trinajstić information content (AvgIpc) is 3.16. The number of carbonyl (C=O) groups excluding carboxylic acids is 2. The number of amides is 1. The summed E-state index contributed by atoms with van der Waals surface area (Å²) in [5, 5.41) is 1.52. The van der Waals surface area contributed by atoms with Crippen LogP contribution in [-0.2, 0) is 22.5 Å². The van der Waals surface area contributed by atoms with Crippen molar-refractivity contribution in [3.05, 3.63) is 77.4 Å². The van der Waals surface area contributed by atoms with Crippen molar-refractivity contribution in [2.24, 2.45) is 5.73 Å². The first-order valence-electron chi connectivity index (χ1n) is 11.6. The normalized spacial score (nSPS) is 11.1. The van der Waals surface area contributed by atoms with Crippen molar-refractivity contribution in [1.82, 2.24) is 4.57 Å². The molecule has 3 aromatic carbocycles. The van der Waals surface area contributed by atoms with E-state index in [1.54, 1.807) is 6.07 Å². The lowest BCUT2D eigenvalue weighted by Crippen LogP contribution is -2.13. The lowest BCUT2D eigenvalue weighted by Gasteiger charge is -2.12. The lowest BCUT2D eigenvalue weighted by atomic mass is 10.0. The number of rotatable bonds is 10. The van der Waals surface area contributed by atoms with Crippen LogP contribution >= 0.6 is 0 Å². The molecule has 34 heavy (non-hydrogen) atoms. The minimum absolute atomic E-state index is 0.214. The van der Waals surface area contributed by atoms with Gasteiger partial charge in [-0.25, -0.2) is 4.79 Å². The Labute approximate surface area is 199 Å². The van der Waals surface area contributed by atoms with Gasteiger partial charge in [-0.1, -0.05) is 56.2 Å². The highest BCUT2D eigenvalue weighted by Crippen LogP contribution is 2.39. The Morgan fingerprint density at radius 3 is 2.41 bits per heavy atom. The number of carbonyl (C=O) groups is 2. The Bertz CT molecular complexity index is 1320. The quantitative estimate of drug-likeness (QED) is 0.261. The van der Waals surface area contributed by atoms with Gasteiger partial charge >= 0.3 is 5.97 Å². The number of unbranched alkanes of at least 4 members (excludes halogenated alkanes) is 2. The summed E-state index contributed by atoms with van der Waals surface area (Å²) in [6.45, 7) is 2.59. The molecule has 176 valence electrons. The Morgan fingerprint density at radius 2 is 1.71 bits per heavy atom. The summed E-state index contributed by atoms with van der Waals surface area (Å²) in [5.41, 5.74) is 10.3. The predicted molar refractivity (Wildman–Crippen MR) is 134 cm³/mol. The summed E-state index contributed by atoms with van der Waals surface area (Å²) in [6.07, 6.45) is 4.22. The van der Waals surface area contributed by atoms with Gasteiger partial charge in [-0.05, 0) is 48.2 Å². The van der Waals surface area contributed by atoms with Crippen LogP contribution in [0.4, 0.5) is 0 Å². The molecule has 0 bridgehead atoms. The highest BCUT2D eigenvalue weighted by Gasteiger charge is 2.21. The Kier molecular flexibility index (Phi) is 7.16. The van der Waals surface area contributed by atoms with Gasteiger partial charge in [-0.3, -0.25) is 4.79 Å². The molecule has 0 aliphatic rings. The van der Waals surface area contributed by atoms with E-state index in [0.29, 0.717) is 17.9 Å². The van der Waals surface area contributed by atoms with E-state index in [4.69, 9.17) is 15.2 Å². The molecule has 4 rings (SSSR count). The topological polar surface area (TPSA) is 83.6 Å². The van der Waals surface area contributed by atoms with Crippen molar-refractivity contribution >= 4 is 33.7 Å². The molecule has 2 N–H and O–H groups in total. The average molecular weight is 459 g/mol. The highest BCUT2D eigenvalue weighted by molar-refractivity contribution is 6.20. The number of hydrogen-bond donors (Lipinski definition) is 1. The number of hydrogen-bond acceptors (Lipinski definition) is 4. The number of methoxy groups -OCH3 is 1. The molecular weight excluding hydrogens is 428 g/mol. The summed E-state index contributed by atoms with van der Waals surface area (Å²) in [6, 6.07) is 19.9. The molecular formula is C28H30N2O4. The Balaban J connectivity index is 1.99. The van der Waals surface area contributed by atoms with E-state index in [1.165, 1.54) is 7.11 Å². The molecule has 0 unspecified atom stereocenters. The number of nitrogens with zero attached hydrogens (tertiary/aromatic N) is 1. The van der Waals surface area contributed by atoms with Crippen LogP contribution in [0.2, 0.25) is 0 Å². The van der Waals surface area contributed by atoms with Gasteiger partial charge in [-0.15, -0.1) is 0 Å². The van der Waals surface area contributed by atoms with Gasteiger partial charge in [-0.2, -0.15) is 0 Å². The zero-order valence-electron chi connectivity index (χ0n) is 19.7. The fraction of sp³-hybridized carbons (Fsp3) is 0.286. The first kappa shape index (κ1) is 23.4. The molecule has 0 atom stereocenters. The van der Waals surface area contributed by atoms with E-state index in [1.807, 2.05) is 36.4 Å². The van der Waals surface area contributed by atoms with Crippen LogP contribution in [0.25, 0.3) is 21.8 Å². The number of esters is 1. The van der Waals surface area contributed by atoms with Crippen LogP contribution in [-0.4, -0.2) is 30.2 Å². The minimum atomic E-state index is -0.504. The molecule has 0 saturated carbocycles. The number of primary amides is 1. The van der Waals surface area contributed by atoms with Gasteiger partial charge in [0.2, 0.25) is 5.91 Å². The van der Waals surface area contributed by atoms with Crippen LogP contribution in [0.3, 0.4) is 0 Å². The molecule has 0 radical (unpaired) electrons. The number of ether oxygens (including phenoxy) is 2. The van der Waals surface area contributed by atoms with E-state index in [9.17, 15) is 9.59 Å². The number of benzene rings is 3. The van der Waals surface area contributed by atoms with Crippen molar-refractivity contribution in [1.29, 1.82) is 0 Å². The molecule has 4 aromatic rings. The summed E-state index contributed by atoms with van der Waals surface area (Å²) in [7, 11) is 1.33. The first-order chi connectivity index (χ1) is 16.5. The second kappa shape index (κ2) is 10.4. The van der Waals surface area contributed by atoms with E-state index in [0.717, 1.165) is 58.6 Å². The summed E-state index contributed by atoms with van der Waals surface area (Å²) in [5.74, 6) is -0.414. The number of fused-ring (bicyclic) bond motifs is 3. The second-order valence-corrected chi connectivity index (χ2v) is 8.45. The van der Waals surface area contributed by atoms with E-state index in [2.05, 4.69) is 29.7 Å². The van der Waals surface area contributed by atoms with Crippen LogP contribution in [0.1, 0.15) is 47.7 Å². The third kappa shape index (κ3) is 4.76. The lowest BCUT2D eigenvalue weighted by molar-refractivity contribution is -0.142. The minimum Gasteiger partial charge on any atom is -0.481 e. The first-order valence-corrected chi connectivity index (χ1v) is 11.6. The fourth-order valence-electron chi connectivity index (χ4n) is 4.45. The fourth-order valence-corrected chi connectivity index (χ4v) is 4.45. The third-order valence-electron chi connectivity index (χ3n) is 6.11. The smallest absolute Gasteiger partial charge is 0.343 e. The molecule has 1 heterocycles. The van der Waals surface area contributed by atoms with E-state index in [-0.39, 0.29) is 6.61 Å². The Morgan fingerprint density at radius 1 is 0.912 bits per heavy atom. The maximum absolute atomic E-state index is 12.4. The molecule has 0 aliphatic heterocycles. The summed E-state index contributed by atoms with van der Waals surface area (Å²) in [4.78, 5) is 24.3.